The third-order valence-corrected chi connectivity index (χ3v) is 2.15. The molecule has 0 heterocycles. The fourth-order valence-corrected chi connectivity index (χ4v) is 1.41. The molecule has 0 rings (SSSR count). The maximum absolute atomic E-state index is 5.97. The largest absolute Gasteiger partial charge is 0.385 e. The highest BCUT2D eigenvalue weighted by molar-refractivity contribution is 4.71. The standard InChI is InChI=1S/C10H23NO2/c1-4-10(13-5-2)9(11)7-6-8-12-3/h9-10H,4-8,11H2,1-3H3. The van der Waals surface area contributed by atoms with Gasteiger partial charge in [0.2, 0.25) is 0 Å². The number of methoxy groups -OCH3 is 1. The Labute approximate surface area is 81.6 Å². The van der Waals surface area contributed by atoms with Gasteiger partial charge >= 0.3 is 0 Å². The highest BCUT2D eigenvalue weighted by Crippen LogP contribution is 2.07. The van der Waals surface area contributed by atoms with Gasteiger partial charge in [-0.25, -0.2) is 0 Å². The zero-order valence-corrected chi connectivity index (χ0v) is 9.08. The number of nitrogens with two attached hydrogens (primary N) is 1. The van der Waals surface area contributed by atoms with Crippen LogP contribution in [-0.2, 0) is 9.47 Å². The predicted octanol–water partition coefficient (Wildman–Crippen LogP) is 1.56. The summed E-state index contributed by atoms with van der Waals surface area (Å²) in [6.07, 6.45) is 3.19. The average Bonchev–Trinajstić information content (AvgIpc) is 2.14. The third kappa shape index (κ3) is 6.02. The Hall–Kier alpha value is -0.120. The van der Waals surface area contributed by atoms with Crippen LogP contribution < -0.4 is 5.73 Å². The quantitative estimate of drug-likeness (QED) is 0.589. The molecular formula is C10H23NO2. The molecule has 0 saturated carbocycles. The minimum Gasteiger partial charge on any atom is -0.385 e. The molecule has 0 aliphatic heterocycles. The zero-order valence-electron chi connectivity index (χ0n) is 9.08. The van der Waals surface area contributed by atoms with E-state index in [4.69, 9.17) is 15.2 Å². The van der Waals surface area contributed by atoms with E-state index in [1.165, 1.54) is 0 Å². The lowest BCUT2D eigenvalue weighted by Crippen LogP contribution is -2.36. The second-order valence-electron chi connectivity index (χ2n) is 3.20. The number of hydrogen-bond donors (Lipinski definition) is 1. The van der Waals surface area contributed by atoms with Crippen LogP contribution in [0.25, 0.3) is 0 Å². The first-order chi connectivity index (χ1) is 6.26. The second kappa shape index (κ2) is 8.48. The Morgan fingerprint density at radius 3 is 2.46 bits per heavy atom. The Kier molecular flexibility index (Phi) is 8.40. The molecule has 0 aliphatic rings. The molecular weight excluding hydrogens is 166 g/mol. The van der Waals surface area contributed by atoms with Gasteiger partial charge < -0.3 is 15.2 Å². The lowest BCUT2D eigenvalue weighted by atomic mass is 10.0. The SMILES string of the molecule is CCOC(CC)C(N)CCCOC. The summed E-state index contributed by atoms with van der Waals surface area (Å²) < 4.78 is 10.5. The van der Waals surface area contributed by atoms with Gasteiger partial charge in [-0.15, -0.1) is 0 Å². The molecule has 0 fully saturated rings. The van der Waals surface area contributed by atoms with E-state index in [0.29, 0.717) is 0 Å². The maximum atomic E-state index is 5.97. The molecule has 0 aromatic rings. The van der Waals surface area contributed by atoms with Crippen molar-refractivity contribution in [3.8, 4) is 0 Å². The molecule has 0 saturated heterocycles. The van der Waals surface area contributed by atoms with Crippen LogP contribution >= 0.6 is 0 Å². The molecule has 0 aliphatic carbocycles. The highest BCUT2D eigenvalue weighted by atomic mass is 16.5. The Balaban J connectivity index is 3.57. The molecule has 13 heavy (non-hydrogen) atoms. The fraction of sp³-hybridized carbons (Fsp3) is 1.00. The fourth-order valence-electron chi connectivity index (χ4n) is 1.41. The molecule has 0 radical (unpaired) electrons. The Morgan fingerprint density at radius 1 is 1.31 bits per heavy atom. The van der Waals surface area contributed by atoms with Gasteiger partial charge in [-0.05, 0) is 26.2 Å². The van der Waals surface area contributed by atoms with E-state index in [-0.39, 0.29) is 12.1 Å². The molecule has 0 amide bonds. The van der Waals surface area contributed by atoms with Gasteiger partial charge in [0.05, 0.1) is 6.10 Å². The molecule has 2 N–H and O–H groups in total. The molecule has 0 aromatic heterocycles. The van der Waals surface area contributed by atoms with Gasteiger partial charge in [0.1, 0.15) is 0 Å². The minimum absolute atomic E-state index is 0.153. The summed E-state index contributed by atoms with van der Waals surface area (Å²) in [6, 6.07) is 0.153. The normalized spacial score (nSPS) is 15.7. The zero-order chi connectivity index (χ0) is 10.1. The van der Waals surface area contributed by atoms with Gasteiger partial charge in [0, 0.05) is 26.4 Å². The van der Waals surface area contributed by atoms with Gasteiger partial charge in [-0.2, -0.15) is 0 Å². The maximum Gasteiger partial charge on any atom is 0.0723 e. The van der Waals surface area contributed by atoms with Crippen molar-refractivity contribution in [1.82, 2.24) is 0 Å². The average molecular weight is 189 g/mol. The van der Waals surface area contributed by atoms with Gasteiger partial charge in [-0.3, -0.25) is 0 Å². The number of rotatable bonds is 8. The van der Waals surface area contributed by atoms with Gasteiger partial charge in [0.15, 0.2) is 0 Å². The summed E-state index contributed by atoms with van der Waals surface area (Å²) >= 11 is 0. The highest BCUT2D eigenvalue weighted by Gasteiger charge is 2.14. The summed E-state index contributed by atoms with van der Waals surface area (Å²) in [6.45, 7) is 5.65. The molecule has 3 heteroatoms. The van der Waals surface area contributed by atoms with Crippen molar-refractivity contribution in [3.63, 3.8) is 0 Å². The van der Waals surface area contributed by atoms with Crippen LogP contribution in [-0.4, -0.2) is 32.5 Å². The molecule has 2 unspecified atom stereocenters. The van der Waals surface area contributed by atoms with Crippen molar-refractivity contribution < 1.29 is 9.47 Å². The molecule has 2 atom stereocenters. The summed E-state index contributed by atoms with van der Waals surface area (Å²) in [5.41, 5.74) is 5.97. The van der Waals surface area contributed by atoms with Crippen molar-refractivity contribution in [2.45, 2.75) is 45.3 Å². The van der Waals surface area contributed by atoms with E-state index in [1.54, 1.807) is 7.11 Å². The van der Waals surface area contributed by atoms with E-state index in [0.717, 1.165) is 32.5 Å². The van der Waals surface area contributed by atoms with Gasteiger partial charge in [0.25, 0.3) is 0 Å². The second-order valence-corrected chi connectivity index (χ2v) is 3.20. The molecule has 0 aromatic carbocycles. The lowest BCUT2D eigenvalue weighted by molar-refractivity contribution is 0.0375. The predicted molar refractivity (Wildman–Crippen MR) is 54.8 cm³/mol. The van der Waals surface area contributed by atoms with Crippen molar-refractivity contribution in [2.75, 3.05) is 20.3 Å². The van der Waals surface area contributed by atoms with Crippen LogP contribution in [0, 0.1) is 0 Å². The van der Waals surface area contributed by atoms with Crippen LogP contribution in [0.1, 0.15) is 33.1 Å². The van der Waals surface area contributed by atoms with Crippen LogP contribution in [0.5, 0.6) is 0 Å². The van der Waals surface area contributed by atoms with E-state index in [2.05, 4.69) is 6.92 Å². The van der Waals surface area contributed by atoms with Crippen molar-refractivity contribution >= 4 is 0 Å². The first-order valence-electron chi connectivity index (χ1n) is 5.12. The van der Waals surface area contributed by atoms with E-state index < -0.39 is 0 Å². The first-order valence-corrected chi connectivity index (χ1v) is 5.12. The Bertz CT molecular complexity index is 109. The summed E-state index contributed by atoms with van der Waals surface area (Å²) in [7, 11) is 1.71. The topological polar surface area (TPSA) is 44.5 Å². The molecule has 0 bridgehead atoms. The minimum atomic E-state index is 0.153. The number of ether oxygens (including phenoxy) is 2. The van der Waals surface area contributed by atoms with E-state index in [1.807, 2.05) is 6.92 Å². The smallest absolute Gasteiger partial charge is 0.0723 e. The van der Waals surface area contributed by atoms with E-state index in [9.17, 15) is 0 Å². The summed E-state index contributed by atoms with van der Waals surface area (Å²) in [5, 5.41) is 0. The molecule has 3 nitrogen and oxygen atoms in total. The summed E-state index contributed by atoms with van der Waals surface area (Å²) in [4.78, 5) is 0. The monoisotopic (exact) mass is 189 g/mol. The van der Waals surface area contributed by atoms with Crippen LogP contribution in [0.4, 0.5) is 0 Å². The summed E-state index contributed by atoms with van der Waals surface area (Å²) in [5.74, 6) is 0. The van der Waals surface area contributed by atoms with Crippen LogP contribution in [0.2, 0.25) is 0 Å². The first kappa shape index (κ1) is 12.9. The van der Waals surface area contributed by atoms with E-state index >= 15 is 0 Å². The lowest BCUT2D eigenvalue weighted by Gasteiger charge is -2.22. The number of hydrogen-bond acceptors (Lipinski definition) is 3. The molecule has 0 spiro atoms. The third-order valence-electron chi connectivity index (χ3n) is 2.15. The van der Waals surface area contributed by atoms with Gasteiger partial charge in [-0.1, -0.05) is 6.92 Å². The van der Waals surface area contributed by atoms with Crippen molar-refractivity contribution in [2.24, 2.45) is 5.73 Å². The van der Waals surface area contributed by atoms with Crippen LogP contribution in [0.3, 0.4) is 0 Å². The molecule has 80 valence electrons. The van der Waals surface area contributed by atoms with Crippen molar-refractivity contribution in [1.29, 1.82) is 0 Å². The van der Waals surface area contributed by atoms with Crippen LogP contribution in [0.15, 0.2) is 0 Å². The Morgan fingerprint density at radius 2 is 2.00 bits per heavy atom. The van der Waals surface area contributed by atoms with Crippen molar-refractivity contribution in [3.05, 3.63) is 0 Å².